The van der Waals surface area contributed by atoms with Crippen LogP contribution in [0.2, 0.25) is 10.0 Å². The molecule has 16 heavy (non-hydrogen) atoms. The molecule has 0 amide bonds. The zero-order chi connectivity index (χ0) is 11.5. The first-order chi connectivity index (χ1) is 7.66. The topological polar surface area (TPSA) is 77.6 Å². The molecular weight excluding hydrogens is 249 g/mol. The Morgan fingerprint density at radius 3 is 1.44 bits per heavy atom. The van der Waals surface area contributed by atoms with Crippen molar-refractivity contribution >= 4 is 23.2 Å². The molecule has 5 nitrogen and oxygen atoms in total. The van der Waals surface area contributed by atoms with Gasteiger partial charge in [0.2, 0.25) is 0 Å². The molecule has 2 aromatic rings. The van der Waals surface area contributed by atoms with Gasteiger partial charge >= 0.3 is 0 Å². The monoisotopic (exact) mass is 255 g/mol. The Balaban J connectivity index is 2.28. The normalized spacial score (nSPS) is 10.8. The first-order valence-corrected chi connectivity index (χ1v) is 5.13. The highest BCUT2D eigenvalue weighted by atomic mass is 35.5. The number of hydrogen-bond donors (Lipinski definition) is 1. The van der Waals surface area contributed by atoms with E-state index in [1.807, 2.05) is 0 Å². The largest absolute Gasteiger partial charge is 0.315 e. The van der Waals surface area contributed by atoms with Gasteiger partial charge in [-0.25, -0.2) is 19.9 Å². The smallest absolute Gasteiger partial charge is 0.152 e. The number of rotatable bonds is 2. The van der Waals surface area contributed by atoms with E-state index in [0.29, 0.717) is 21.7 Å². The van der Waals surface area contributed by atoms with E-state index in [1.54, 1.807) is 0 Å². The third-order valence-electron chi connectivity index (χ3n) is 1.84. The molecule has 0 spiro atoms. The molecule has 0 unspecified atom stereocenters. The second-order valence-electron chi connectivity index (χ2n) is 3.00. The number of nitrogens with two attached hydrogens (primary N) is 1. The summed E-state index contributed by atoms with van der Waals surface area (Å²) in [5.74, 6) is 0.818. The van der Waals surface area contributed by atoms with Crippen LogP contribution in [0.5, 0.6) is 0 Å². The second-order valence-corrected chi connectivity index (χ2v) is 3.87. The number of hydrogen-bond acceptors (Lipinski definition) is 5. The van der Waals surface area contributed by atoms with Crippen LogP contribution in [0, 0.1) is 0 Å². The molecule has 0 bridgehead atoms. The van der Waals surface area contributed by atoms with Crippen LogP contribution in [0.25, 0.3) is 0 Å². The summed E-state index contributed by atoms with van der Waals surface area (Å²) >= 11 is 11.3. The molecule has 0 aromatic carbocycles. The fourth-order valence-corrected chi connectivity index (χ4v) is 1.28. The summed E-state index contributed by atoms with van der Waals surface area (Å²) in [6.45, 7) is 0. The molecule has 0 atom stereocenters. The Bertz CT molecular complexity index is 425. The van der Waals surface area contributed by atoms with Crippen molar-refractivity contribution in [1.29, 1.82) is 0 Å². The van der Waals surface area contributed by atoms with E-state index in [0.717, 1.165) is 0 Å². The van der Waals surface area contributed by atoms with Gasteiger partial charge < -0.3 is 5.73 Å². The third kappa shape index (κ3) is 2.44. The maximum Gasteiger partial charge on any atom is 0.152 e. The minimum atomic E-state index is -0.588. The fraction of sp³-hybridized carbons (Fsp3) is 0.111. The van der Waals surface area contributed by atoms with Crippen molar-refractivity contribution in [2.75, 3.05) is 0 Å². The molecule has 82 valence electrons. The van der Waals surface area contributed by atoms with Crippen LogP contribution in [0.1, 0.15) is 17.7 Å². The number of aromatic nitrogens is 4. The number of halogens is 2. The summed E-state index contributed by atoms with van der Waals surface area (Å²) in [5.41, 5.74) is 5.88. The van der Waals surface area contributed by atoms with Crippen molar-refractivity contribution in [3.63, 3.8) is 0 Å². The standard InChI is InChI=1S/C9H7Cl2N5/c10-5-1-13-8(14-2-5)7(12)9-15-3-6(11)4-16-9/h1-4,7H,12H2. The summed E-state index contributed by atoms with van der Waals surface area (Å²) in [5, 5.41) is 0.904. The van der Waals surface area contributed by atoms with Gasteiger partial charge in [-0.15, -0.1) is 0 Å². The van der Waals surface area contributed by atoms with Crippen molar-refractivity contribution in [1.82, 2.24) is 19.9 Å². The van der Waals surface area contributed by atoms with Crippen molar-refractivity contribution in [3.05, 3.63) is 46.5 Å². The quantitative estimate of drug-likeness (QED) is 0.883. The minimum Gasteiger partial charge on any atom is -0.315 e. The lowest BCUT2D eigenvalue weighted by Crippen LogP contribution is -2.17. The molecule has 0 aliphatic heterocycles. The fourth-order valence-electron chi connectivity index (χ4n) is 1.08. The molecule has 2 N–H and O–H groups in total. The molecular formula is C9H7Cl2N5. The molecule has 2 aromatic heterocycles. The Labute approximate surface area is 102 Å². The van der Waals surface area contributed by atoms with Gasteiger partial charge in [0.25, 0.3) is 0 Å². The number of nitrogens with zero attached hydrogens (tertiary/aromatic N) is 4. The first-order valence-electron chi connectivity index (χ1n) is 4.37. The zero-order valence-electron chi connectivity index (χ0n) is 8.01. The van der Waals surface area contributed by atoms with Crippen molar-refractivity contribution in [3.8, 4) is 0 Å². The summed E-state index contributed by atoms with van der Waals surface area (Å²) in [7, 11) is 0. The van der Waals surface area contributed by atoms with Crippen LogP contribution in [-0.4, -0.2) is 19.9 Å². The maximum absolute atomic E-state index is 5.88. The average molecular weight is 256 g/mol. The second kappa shape index (κ2) is 4.69. The third-order valence-corrected chi connectivity index (χ3v) is 2.23. The Morgan fingerprint density at radius 2 is 1.12 bits per heavy atom. The van der Waals surface area contributed by atoms with Gasteiger partial charge in [0.15, 0.2) is 11.6 Å². The van der Waals surface area contributed by atoms with Crippen LogP contribution < -0.4 is 5.73 Å². The molecule has 0 aliphatic rings. The van der Waals surface area contributed by atoms with Crippen molar-refractivity contribution in [2.45, 2.75) is 6.04 Å². The molecule has 0 fully saturated rings. The van der Waals surface area contributed by atoms with E-state index in [4.69, 9.17) is 28.9 Å². The van der Waals surface area contributed by atoms with E-state index in [9.17, 15) is 0 Å². The van der Waals surface area contributed by atoms with Crippen LogP contribution >= 0.6 is 23.2 Å². The highest BCUT2D eigenvalue weighted by Gasteiger charge is 2.14. The van der Waals surface area contributed by atoms with Gasteiger partial charge in [-0.05, 0) is 0 Å². The molecule has 7 heteroatoms. The molecule has 0 saturated heterocycles. The molecule has 0 aliphatic carbocycles. The lowest BCUT2D eigenvalue weighted by atomic mass is 10.2. The highest BCUT2D eigenvalue weighted by molar-refractivity contribution is 6.30. The van der Waals surface area contributed by atoms with Crippen molar-refractivity contribution in [2.24, 2.45) is 5.73 Å². The van der Waals surface area contributed by atoms with Gasteiger partial charge in [0.05, 0.1) is 10.0 Å². The SMILES string of the molecule is NC(c1ncc(Cl)cn1)c1ncc(Cl)cn1. The lowest BCUT2D eigenvalue weighted by Gasteiger charge is -2.07. The van der Waals surface area contributed by atoms with E-state index < -0.39 is 6.04 Å². The van der Waals surface area contributed by atoms with E-state index in [-0.39, 0.29) is 0 Å². The van der Waals surface area contributed by atoms with E-state index >= 15 is 0 Å². The van der Waals surface area contributed by atoms with Gasteiger partial charge in [-0.1, -0.05) is 23.2 Å². The molecule has 2 rings (SSSR count). The predicted molar refractivity (Wildman–Crippen MR) is 60.1 cm³/mol. The van der Waals surface area contributed by atoms with Crippen LogP contribution in [0.15, 0.2) is 24.8 Å². The van der Waals surface area contributed by atoms with E-state index in [2.05, 4.69) is 19.9 Å². The summed E-state index contributed by atoms with van der Waals surface area (Å²) in [4.78, 5) is 16.0. The average Bonchev–Trinajstić information content (AvgIpc) is 2.30. The first kappa shape index (κ1) is 11.2. The highest BCUT2D eigenvalue weighted by Crippen LogP contribution is 2.14. The summed E-state index contributed by atoms with van der Waals surface area (Å²) < 4.78 is 0. The zero-order valence-corrected chi connectivity index (χ0v) is 9.52. The van der Waals surface area contributed by atoms with Crippen LogP contribution in [0.3, 0.4) is 0 Å². The Kier molecular flexibility index (Phi) is 3.28. The minimum absolute atomic E-state index is 0.409. The Morgan fingerprint density at radius 1 is 0.812 bits per heavy atom. The summed E-state index contributed by atoms with van der Waals surface area (Å²) in [6.07, 6.45) is 5.89. The van der Waals surface area contributed by atoms with Gasteiger partial charge in [0.1, 0.15) is 6.04 Å². The molecule has 0 saturated carbocycles. The lowest BCUT2D eigenvalue weighted by molar-refractivity contribution is 0.721. The van der Waals surface area contributed by atoms with Crippen LogP contribution in [0.4, 0.5) is 0 Å². The summed E-state index contributed by atoms with van der Waals surface area (Å²) in [6, 6.07) is -0.588. The van der Waals surface area contributed by atoms with Crippen LogP contribution in [-0.2, 0) is 0 Å². The molecule has 0 radical (unpaired) electrons. The maximum atomic E-state index is 5.88. The van der Waals surface area contributed by atoms with Crippen molar-refractivity contribution < 1.29 is 0 Å². The predicted octanol–water partition coefficient (Wildman–Crippen LogP) is 1.62. The van der Waals surface area contributed by atoms with Gasteiger partial charge in [-0.3, -0.25) is 0 Å². The van der Waals surface area contributed by atoms with E-state index in [1.165, 1.54) is 24.8 Å². The van der Waals surface area contributed by atoms with Gasteiger partial charge in [0, 0.05) is 24.8 Å². The Hall–Kier alpha value is -1.30. The van der Waals surface area contributed by atoms with Gasteiger partial charge in [-0.2, -0.15) is 0 Å². The molecule has 2 heterocycles.